The fourth-order valence-corrected chi connectivity index (χ4v) is 1.73. The molecular formula is C12H14FN3O2. The van der Waals surface area contributed by atoms with Crippen molar-refractivity contribution < 1.29 is 13.9 Å². The molecule has 18 heavy (non-hydrogen) atoms. The molecule has 1 atom stereocenters. The molecule has 0 spiro atoms. The van der Waals surface area contributed by atoms with Gasteiger partial charge in [0.1, 0.15) is 11.8 Å². The summed E-state index contributed by atoms with van der Waals surface area (Å²) in [5.74, 6) is 0. The first-order chi connectivity index (χ1) is 8.77. The maximum atomic E-state index is 13.9. The molecule has 0 aromatic heterocycles. The lowest BCUT2D eigenvalue weighted by Crippen LogP contribution is -2.59. The van der Waals surface area contributed by atoms with Crippen LogP contribution in [-0.2, 0) is 16.1 Å². The second kappa shape index (κ2) is 5.82. The Morgan fingerprint density at radius 3 is 2.72 bits per heavy atom. The molecule has 96 valence electrons. The van der Waals surface area contributed by atoms with E-state index < -0.39 is 11.8 Å². The van der Waals surface area contributed by atoms with Crippen LogP contribution in [0.15, 0.2) is 35.4 Å². The van der Waals surface area contributed by atoms with E-state index >= 15 is 0 Å². The molecule has 0 aliphatic carbocycles. The molecule has 1 heterocycles. The van der Waals surface area contributed by atoms with Gasteiger partial charge in [-0.2, -0.15) is 0 Å². The average Bonchev–Trinajstić information content (AvgIpc) is 2.36. The van der Waals surface area contributed by atoms with Crippen molar-refractivity contribution in [2.75, 3.05) is 19.8 Å². The summed E-state index contributed by atoms with van der Waals surface area (Å²) in [6, 6.07) is 9.53. The molecule has 5 nitrogen and oxygen atoms in total. The summed E-state index contributed by atoms with van der Waals surface area (Å²) in [6.45, 7) is 0.486. The number of rotatable bonds is 6. The minimum absolute atomic E-state index is 0.196. The molecule has 0 radical (unpaired) electrons. The second-order valence-electron chi connectivity index (χ2n) is 4.21. The summed E-state index contributed by atoms with van der Waals surface area (Å²) in [5, 5.41) is 3.24. The van der Waals surface area contributed by atoms with Crippen LogP contribution in [0.4, 0.5) is 4.39 Å². The second-order valence-corrected chi connectivity index (χ2v) is 4.21. The zero-order valence-electron chi connectivity index (χ0n) is 9.83. The minimum atomic E-state index is -1.34. The highest BCUT2D eigenvalue weighted by molar-refractivity contribution is 5.14. The van der Waals surface area contributed by atoms with Crippen LogP contribution in [-0.4, -0.2) is 31.5 Å². The fraction of sp³-hybridized carbons (Fsp3) is 0.500. The molecule has 2 rings (SSSR count). The van der Waals surface area contributed by atoms with Crippen LogP contribution in [0, 0.1) is 0 Å². The van der Waals surface area contributed by atoms with Crippen LogP contribution < -0.4 is 0 Å². The van der Waals surface area contributed by atoms with Crippen molar-refractivity contribution in [1.82, 2.24) is 0 Å². The van der Waals surface area contributed by atoms with Crippen molar-refractivity contribution in [3.63, 3.8) is 0 Å². The number of nitrogens with zero attached hydrogens (tertiary/aromatic N) is 3. The van der Waals surface area contributed by atoms with Gasteiger partial charge in [0, 0.05) is 4.91 Å². The molecular weight excluding hydrogens is 237 g/mol. The van der Waals surface area contributed by atoms with Crippen molar-refractivity contribution >= 4 is 0 Å². The number of alkyl halides is 1. The molecule has 0 bridgehead atoms. The van der Waals surface area contributed by atoms with Gasteiger partial charge >= 0.3 is 0 Å². The van der Waals surface area contributed by atoms with E-state index in [1.165, 1.54) is 0 Å². The van der Waals surface area contributed by atoms with Crippen LogP contribution in [0.3, 0.4) is 0 Å². The molecule has 6 heteroatoms. The molecule has 1 aromatic carbocycles. The zero-order chi connectivity index (χ0) is 12.8. The van der Waals surface area contributed by atoms with Gasteiger partial charge in [0.05, 0.1) is 26.4 Å². The molecule has 1 saturated heterocycles. The zero-order valence-corrected chi connectivity index (χ0v) is 9.83. The molecule has 1 aliphatic heterocycles. The van der Waals surface area contributed by atoms with Crippen LogP contribution in [0.1, 0.15) is 5.56 Å². The Morgan fingerprint density at radius 2 is 2.17 bits per heavy atom. The van der Waals surface area contributed by atoms with E-state index in [2.05, 4.69) is 10.0 Å². The van der Waals surface area contributed by atoms with E-state index in [9.17, 15) is 4.39 Å². The highest BCUT2D eigenvalue weighted by atomic mass is 19.1. The Labute approximate surface area is 104 Å². The summed E-state index contributed by atoms with van der Waals surface area (Å²) in [5.41, 5.74) is 8.20. The van der Waals surface area contributed by atoms with Gasteiger partial charge in [0.15, 0.2) is 0 Å². The van der Waals surface area contributed by atoms with Gasteiger partial charge < -0.3 is 9.47 Å². The molecule has 1 unspecified atom stereocenters. The Morgan fingerprint density at radius 1 is 1.44 bits per heavy atom. The summed E-state index contributed by atoms with van der Waals surface area (Å²) >= 11 is 0. The van der Waals surface area contributed by atoms with Gasteiger partial charge in [-0.3, -0.25) is 0 Å². The van der Waals surface area contributed by atoms with Crippen molar-refractivity contribution in [2.24, 2.45) is 5.11 Å². The SMILES string of the molecule is [N-]=[N+]=NCC(F)C1(OCc2ccccc2)COC1. The molecule has 1 aromatic rings. The minimum Gasteiger partial charge on any atom is -0.375 e. The number of ether oxygens (including phenoxy) is 2. The molecule has 0 saturated carbocycles. The number of halogens is 1. The molecule has 0 N–H and O–H groups in total. The first-order valence-electron chi connectivity index (χ1n) is 5.67. The highest BCUT2D eigenvalue weighted by Gasteiger charge is 2.47. The molecule has 0 amide bonds. The number of benzene rings is 1. The van der Waals surface area contributed by atoms with Gasteiger partial charge in [-0.1, -0.05) is 35.4 Å². The lowest BCUT2D eigenvalue weighted by molar-refractivity contribution is -0.242. The maximum absolute atomic E-state index is 13.9. The third kappa shape index (κ3) is 2.79. The van der Waals surface area contributed by atoms with Crippen LogP contribution >= 0.6 is 0 Å². The topological polar surface area (TPSA) is 67.2 Å². The Bertz CT molecular complexity index is 430. The van der Waals surface area contributed by atoms with Crippen LogP contribution in [0.5, 0.6) is 0 Å². The van der Waals surface area contributed by atoms with Crippen molar-refractivity contribution in [3.05, 3.63) is 46.3 Å². The summed E-state index contributed by atoms with van der Waals surface area (Å²) < 4.78 is 24.6. The number of azide groups is 1. The lowest BCUT2D eigenvalue weighted by atomic mass is 9.95. The van der Waals surface area contributed by atoms with E-state index in [1.54, 1.807) is 0 Å². The number of hydrogen-bond acceptors (Lipinski definition) is 3. The third-order valence-corrected chi connectivity index (χ3v) is 2.94. The van der Waals surface area contributed by atoms with Crippen molar-refractivity contribution in [3.8, 4) is 0 Å². The fourth-order valence-electron chi connectivity index (χ4n) is 1.73. The van der Waals surface area contributed by atoms with E-state index in [0.717, 1.165) is 5.56 Å². The van der Waals surface area contributed by atoms with Gasteiger partial charge in [-0.15, -0.1) is 0 Å². The lowest BCUT2D eigenvalue weighted by Gasteiger charge is -2.43. The molecule has 1 fully saturated rings. The standard InChI is InChI=1S/C12H14FN3O2/c13-11(6-15-16-14)12(8-17-9-12)18-7-10-4-2-1-3-5-10/h1-5,11H,6-9H2. The Hall–Kier alpha value is -1.62. The monoisotopic (exact) mass is 251 g/mol. The normalized spacial score (nSPS) is 18.5. The Kier molecular flexibility index (Phi) is 4.15. The average molecular weight is 251 g/mol. The van der Waals surface area contributed by atoms with Crippen molar-refractivity contribution in [1.29, 1.82) is 0 Å². The Balaban J connectivity index is 1.94. The number of hydrogen-bond donors (Lipinski definition) is 0. The summed E-state index contributed by atoms with van der Waals surface area (Å²) in [4.78, 5) is 2.55. The summed E-state index contributed by atoms with van der Waals surface area (Å²) in [6.07, 6.45) is -1.34. The van der Waals surface area contributed by atoms with E-state index in [0.29, 0.717) is 6.61 Å². The first kappa shape index (κ1) is 12.8. The third-order valence-electron chi connectivity index (χ3n) is 2.94. The summed E-state index contributed by atoms with van der Waals surface area (Å²) in [7, 11) is 0. The first-order valence-corrected chi connectivity index (χ1v) is 5.67. The van der Waals surface area contributed by atoms with Gasteiger partial charge in [0.25, 0.3) is 0 Å². The van der Waals surface area contributed by atoms with Crippen molar-refractivity contribution in [2.45, 2.75) is 18.4 Å². The largest absolute Gasteiger partial charge is 0.375 e. The van der Waals surface area contributed by atoms with Crippen LogP contribution in [0.2, 0.25) is 0 Å². The van der Waals surface area contributed by atoms with E-state index in [-0.39, 0.29) is 19.8 Å². The maximum Gasteiger partial charge on any atom is 0.146 e. The van der Waals surface area contributed by atoms with Gasteiger partial charge in [-0.25, -0.2) is 4.39 Å². The predicted molar refractivity (Wildman–Crippen MR) is 63.7 cm³/mol. The van der Waals surface area contributed by atoms with E-state index in [1.807, 2.05) is 30.3 Å². The van der Waals surface area contributed by atoms with Gasteiger partial charge in [-0.05, 0) is 11.1 Å². The van der Waals surface area contributed by atoms with Crippen LogP contribution in [0.25, 0.3) is 10.4 Å². The van der Waals surface area contributed by atoms with E-state index in [4.69, 9.17) is 15.0 Å². The predicted octanol–water partition coefficient (Wildman–Crippen LogP) is 2.62. The quantitative estimate of drug-likeness (QED) is 0.443. The highest BCUT2D eigenvalue weighted by Crippen LogP contribution is 2.29. The van der Waals surface area contributed by atoms with Gasteiger partial charge in [0.2, 0.25) is 0 Å². The molecule has 1 aliphatic rings. The smallest absolute Gasteiger partial charge is 0.146 e.